The topological polar surface area (TPSA) is 70.4 Å². The Morgan fingerprint density at radius 2 is 2.12 bits per heavy atom. The van der Waals surface area contributed by atoms with Crippen molar-refractivity contribution in [3.05, 3.63) is 47.6 Å². The zero-order valence-electron chi connectivity index (χ0n) is 14.0. The summed E-state index contributed by atoms with van der Waals surface area (Å²) in [6.07, 6.45) is 6.71. The fourth-order valence-electron chi connectivity index (χ4n) is 2.33. The van der Waals surface area contributed by atoms with Crippen molar-refractivity contribution in [2.75, 3.05) is 14.2 Å². The average molecular weight is 328 g/mol. The molecular weight excluding hydrogens is 308 g/mol. The lowest BCUT2D eigenvalue weighted by Crippen LogP contribution is -2.05. The van der Waals surface area contributed by atoms with E-state index in [0.29, 0.717) is 17.7 Å². The lowest BCUT2D eigenvalue weighted by molar-refractivity contribution is -0.136. The number of aldehydes is 1. The molecule has 126 valence electrons. The summed E-state index contributed by atoms with van der Waals surface area (Å²) in [6.45, 7) is 1.91. The monoisotopic (exact) mass is 328 g/mol. The Bertz CT molecular complexity index is 762. The van der Waals surface area contributed by atoms with Gasteiger partial charge in [0.15, 0.2) is 0 Å². The molecule has 0 N–H and O–H groups in total. The molecule has 0 radical (unpaired) electrons. The molecule has 0 aliphatic rings. The van der Waals surface area contributed by atoms with Crippen molar-refractivity contribution in [3.63, 3.8) is 0 Å². The molecule has 6 nitrogen and oxygen atoms in total. The molecule has 2 rings (SSSR count). The Hall–Kier alpha value is -2.89. The number of esters is 1. The summed E-state index contributed by atoms with van der Waals surface area (Å²) in [4.78, 5) is 26.6. The summed E-state index contributed by atoms with van der Waals surface area (Å²) in [6, 6.07) is 5.59. The molecule has 0 bridgehead atoms. The number of hydrogen-bond acceptors (Lipinski definition) is 5. The van der Waals surface area contributed by atoms with Crippen LogP contribution >= 0.6 is 0 Å². The molecular formula is C18H20N2O4. The molecule has 0 amide bonds. The second kappa shape index (κ2) is 8.10. The van der Waals surface area contributed by atoms with E-state index in [1.165, 1.54) is 7.11 Å². The van der Waals surface area contributed by atoms with E-state index in [2.05, 4.69) is 4.98 Å². The molecule has 24 heavy (non-hydrogen) atoms. The second-order valence-electron chi connectivity index (χ2n) is 5.22. The number of imidazole rings is 1. The number of aryl methyl sites for hydroxylation is 1. The van der Waals surface area contributed by atoms with Crippen LogP contribution in [-0.4, -0.2) is 36.0 Å². The van der Waals surface area contributed by atoms with Gasteiger partial charge in [-0.2, -0.15) is 0 Å². The lowest BCUT2D eigenvalue weighted by atomic mass is 10.1. The van der Waals surface area contributed by atoms with E-state index in [1.54, 1.807) is 19.5 Å². The normalized spacial score (nSPS) is 11.2. The maximum Gasteiger partial charge on any atom is 0.333 e. The highest BCUT2D eigenvalue weighted by Gasteiger charge is 2.11. The highest BCUT2D eigenvalue weighted by molar-refractivity contribution is 5.94. The minimum atomic E-state index is -0.440. The average Bonchev–Trinajstić information content (AvgIpc) is 3.03. The van der Waals surface area contributed by atoms with Crippen LogP contribution in [0.4, 0.5) is 0 Å². The van der Waals surface area contributed by atoms with Gasteiger partial charge in [0.1, 0.15) is 12.0 Å². The summed E-state index contributed by atoms with van der Waals surface area (Å²) in [5, 5.41) is 0. The summed E-state index contributed by atoms with van der Waals surface area (Å²) in [5.74, 6) is 0.214. The molecule has 2 aromatic rings. The van der Waals surface area contributed by atoms with Crippen LogP contribution < -0.4 is 4.74 Å². The minimum absolute atomic E-state index is 0.268. The van der Waals surface area contributed by atoms with Gasteiger partial charge in [-0.15, -0.1) is 0 Å². The Balaban J connectivity index is 2.38. The maximum atomic E-state index is 11.8. The third-order valence-corrected chi connectivity index (χ3v) is 3.51. The zero-order valence-corrected chi connectivity index (χ0v) is 14.0. The molecule has 0 aliphatic heterocycles. The molecule has 0 saturated carbocycles. The molecule has 0 unspecified atom stereocenters. The first-order valence-electron chi connectivity index (χ1n) is 7.50. The van der Waals surface area contributed by atoms with Crippen molar-refractivity contribution < 1.29 is 19.1 Å². The van der Waals surface area contributed by atoms with E-state index in [4.69, 9.17) is 9.47 Å². The van der Waals surface area contributed by atoms with Gasteiger partial charge in [0.2, 0.25) is 0 Å². The van der Waals surface area contributed by atoms with Crippen molar-refractivity contribution in [1.29, 1.82) is 0 Å². The zero-order chi connectivity index (χ0) is 17.5. The molecule has 0 spiro atoms. The number of ether oxygens (including phenoxy) is 2. The first-order valence-corrected chi connectivity index (χ1v) is 7.50. The van der Waals surface area contributed by atoms with E-state index in [9.17, 15) is 9.59 Å². The Morgan fingerprint density at radius 3 is 2.71 bits per heavy atom. The summed E-state index contributed by atoms with van der Waals surface area (Å²) < 4.78 is 12.1. The van der Waals surface area contributed by atoms with Crippen LogP contribution in [0.1, 0.15) is 24.1 Å². The largest absolute Gasteiger partial charge is 0.495 e. The van der Waals surface area contributed by atoms with Gasteiger partial charge < -0.3 is 18.8 Å². The van der Waals surface area contributed by atoms with Crippen LogP contribution in [0, 0.1) is 6.92 Å². The number of methoxy groups -OCH3 is 2. The van der Waals surface area contributed by atoms with Gasteiger partial charge in [0.25, 0.3) is 0 Å². The number of benzene rings is 1. The minimum Gasteiger partial charge on any atom is -0.495 e. The second-order valence-corrected chi connectivity index (χ2v) is 5.22. The van der Waals surface area contributed by atoms with Crippen LogP contribution in [0.5, 0.6) is 5.75 Å². The van der Waals surface area contributed by atoms with E-state index in [1.807, 2.05) is 35.9 Å². The Labute approximate surface area is 140 Å². The highest BCUT2D eigenvalue weighted by atomic mass is 16.5. The van der Waals surface area contributed by atoms with Crippen molar-refractivity contribution in [3.8, 4) is 11.4 Å². The van der Waals surface area contributed by atoms with Gasteiger partial charge >= 0.3 is 5.97 Å². The third-order valence-electron chi connectivity index (χ3n) is 3.51. The summed E-state index contributed by atoms with van der Waals surface area (Å²) >= 11 is 0. The van der Waals surface area contributed by atoms with Gasteiger partial charge in [0, 0.05) is 18.2 Å². The van der Waals surface area contributed by atoms with Crippen LogP contribution in [0.15, 0.2) is 36.3 Å². The number of nitrogens with zero attached hydrogens (tertiary/aromatic N) is 2. The van der Waals surface area contributed by atoms with Crippen LogP contribution in [0.3, 0.4) is 0 Å². The lowest BCUT2D eigenvalue weighted by Gasteiger charge is -2.11. The molecule has 1 aromatic carbocycles. The summed E-state index contributed by atoms with van der Waals surface area (Å²) in [7, 11) is 2.91. The molecule has 0 saturated heterocycles. The smallest absolute Gasteiger partial charge is 0.333 e. The Kier molecular flexibility index (Phi) is 5.89. The number of carbonyl (C=O) groups is 2. The van der Waals surface area contributed by atoms with Crippen molar-refractivity contribution in [2.24, 2.45) is 0 Å². The molecule has 0 aliphatic carbocycles. The van der Waals surface area contributed by atoms with Gasteiger partial charge in [-0.3, -0.25) is 0 Å². The number of aromatic nitrogens is 2. The van der Waals surface area contributed by atoms with Crippen molar-refractivity contribution in [1.82, 2.24) is 9.55 Å². The van der Waals surface area contributed by atoms with Gasteiger partial charge in [0.05, 0.1) is 31.9 Å². The first kappa shape index (κ1) is 17.5. The highest BCUT2D eigenvalue weighted by Crippen LogP contribution is 2.26. The third kappa shape index (κ3) is 4.10. The van der Waals surface area contributed by atoms with Crippen molar-refractivity contribution >= 4 is 18.3 Å². The number of carbonyl (C=O) groups excluding carboxylic acids is 2. The number of rotatable bonds is 7. The standard InChI is InChI=1S/C18H20N2O4/c1-13-11-20(12-19-13)16-7-6-14(10-17(16)23-2)9-15(5-4-8-21)18(22)24-3/h6-12H,4-5H2,1-3H3. The van der Waals surface area contributed by atoms with E-state index in [-0.39, 0.29) is 6.42 Å². The molecule has 1 aromatic heterocycles. The predicted molar refractivity (Wildman–Crippen MR) is 90.1 cm³/mol. The summed E-state index contributed by atoms with van der Waals surface area (Å²) in [5.41, 5.74) is 2.99. The van der Waals surface area contributed by atoms with E-state index < -0.39 is 5.97 Å². The predicted octanol–water partition coefficient (Wildman–Crippen LogP) is 2.72. The van der Waals surface area contributed by atoms with E-state index in [0.717, 1.165) is 23.2 Å². The van der Waals surface area contributed by atoms with Gasteiger partial charge in [-0.05, 0) is 37.1 Å². The van der Waals surface area contributed by atoms with Crippen LogP contribution in [0.25, 0.3) is 11.8 Å². The molecule has 0 atom stereocenters. The SMILES string of the molecule is COC(=O)C(=Cc1ccc(-n2cnc(C)c2)c(OC)c1)CCC=O. The molecule has 1 heterocycles. The quantitative estimate of drug-likeness (QED) is 0.444. The van der Waals surface area contributed by atoms with Gasteiger partial charge in [-0.1, -0.05) is 6.07 Å². The van der Waals surface area contributed by atoms with Crippen molar-refractivity contribution in [2.45, 2.75) is 19.8 Å². The van der Waals surface area contributed by atoms with Gasteiger partial charge in [-0.25, -0.2) is 9.78 Å². The van der Waals surface area contributed by atoms with Crippen LogP contribution in [-0.2, 0) is 14.3 Å². The fourth-order valence-corrected chi connectivity index (χ4v) is 2.33. The maximum absolute atomic E-state index is 11.8. The first-order chi connectivity index (χ1) is 11.6. The van der Waals surface area contributed by atoms with E-state index >= 15 is 0 Å². The number of hydrogen-bond donors (Lipinski definition) is 0. The Morgan fingerprint density at radius 1 is 1.33 bits per heavy atom. The van der Waals surface area contributed by atoms with Crippen LogP contribution in [0.2, 0.25) is 0 Å². The fraction of sp³-hybridized carbons (Fsp3) is 0.278. The molecule has 0 fully saturated rings. The molecule has 6 heteroatoms.